The molecule has 0 spiro atoms. The van der Waals surface area contributed by atoms with Crippen molar-refractivity contribution in [1.29, 1.82) is 0 Å². The number of benzene rings is 1. The van der Waals surface area contributed by atoms with E-state index in [0.717, 1.165) is 26.7 Å². The van der Waals surface area contributed by atoms with Crippen molar-refractivity contribution < 1.29 is 13.2 Å². The molecule has 0 bridgehead atoms. The number of hydrogen-bond donors (Lipinski definition) is 1. The van der Waals surface area contributed by atoms with E-state index in [9.17, 15) is 13.2 Å². The molecule has 1 aromatic carbocycles. The van der Waals surface area contributed by atoms with Crippen LogP contribution in [0.4, 0.5) is 5.13 Å². The SMILES string of the molecule is Cc1ccc(C(=O)Nc2ncc(S(C)(=O)=O)s2)cc1I. The van der Waals surface area contributed by atoms with Gasteiger partial charge in [0.25, 0.3) is 5.91 Å². The number of rotatable bonds is 3. The van der Waals surface area contributed by atoms with Crippen LogP contribution in [0.3, 0.4) is 0 Å². The van der Waals surface area contributed by atoms with Gasteiger partial charge in [0.05, 0.1) is 6.20 Å². The minimum Gasteiger partial charge on any atom is -0.298 e. The Labute approximate surface area is 134 Å². The van der Waals surface area contributed by atoms with Gasteiger partial charge in [0.1, 0.15) is 4.21 Å². The largest absolute Gasteiger partial charge is 0.298 e. The topological polar surface area (TPSA) is 76.1 Å². The quantitative estimate of drug-likeness (QED) is 0.772. The number of thiazole rings is 1. The van der Waals surface area contributed by atoms with E-state index in [1.165, 1.54) is 6.20 Å². The van der Waals surface area contributed by atoms with Crippen LogP contribution in [0.25, 0.3) is 0 Å². The first kappa shape index (κ1) is 15.4. The molecule has 8 heteroatoms. The first-order valence-electron chi connectivity index (χ1n) is 5.51. The summed E-state index contributed by atoms with van der Waals surface area (Å²) in [6.07, 6.45) is 2.35. The van der Waals surface area contributed by atoms with E-state index >= 15 is 0 Å². The van der Waals surface area contributed by atoms with E-state index in [1.807, 2.05) is 13.0 Å². The summed E-state index contributed by atoms with van der Waals surface area (Å²) in [4.78, 5) is 15.9. The van der Waals surface area contributed by atoms with Crippen LogP contribution in [-0.4, -0.2) is 25.6 Å². The third-order valence-electron chi connectivity index (χ3n) is 2.50. The summed E-state index contributed by atoms with van der Waals surface area (Å²) in [5.74, 6) is -0.308. The maximum atomic E-state index is 12.0. The van der Waals surface area contributed by atoms with Crippen molar-refractivity contribution >= 4 is 54.8 Å². The van der Waals surface area contributed by atoms with Gasteiger partial charge in [-0.15, -0.1) is 0 Å². The zero-order valence-electron chi connectivity index (χ0n) is 10.7. The number of carbonyl (C=O) groups is 1. The molecular weight excluding hydrogens is 411 g/mol. The molecule has 106 valence electrons. The number of carbonyl (C=O) groups excluding carboxylic acids is 1. The van der Waals surface area contributed by atoms with Gasteiger partial charge >= 0.3 is 0 Å². The van der Waals surface area contributed by atoms with Crippen molar-refractivity contribution in [3.63, 3.8) is 0 Å². The molecule has 1 amide bonds. The third-order valence-corrected chi connectivity index (χ3v) is 6.37. The average Bonchev–Trinajstić information content (AvgIpc) is 2.81. The number of hydrogen-bond acceptors (Lipinski definition) is 5. The van der Waals surface area contributed by atoms with Crippen LogP contribution in [0, 0.1) is 10.5 Å². The van der Waals surface area contributed by atoms with Gasteiger partial charge in [-0.2, -0.15) is 0 Å². The molecule has 0 fully saturated rings. The molecule has 5 nitrogen and oxygen atoms in total. The predicted octanol–water partition coefficient (Wildman–Crippen LogP) is 2.71. The monoisotopic (exact) mass is 422 g/mol. The summed E-state index contributed by atoms with van der Waals surface area (Å²) in [5.41, 5.74) is 1.60. The van der Waals surface area contributed by atoms with Crippen LogP contribution in [-0.2, 0) is 9.84 Å². The van der Waals surface area contributed by atoms with Crippen molar-refractivity contribution in [2.75, 3.05) is 11.6 Å². The molecule has 1 N–H and O–H groups in total. The standard InChI is InChI=1S/C12H11IN2O3S2/c1-7-3-4-8(5-9(7)13)11(16)15-12-14-6-10(19-12)20(2,17)18/h3-6H,1-2H3,(H,14,15,16). The van der Waals surface area contributed by atoms with Crippen LogP contribution in [0.5, 0.6) is 0 Å². The normalized spacial score (nSPS) is 11.3. The molecule has 0 saturated carbocycles. The molecule has 0 radical (unpaired) electrons. The van der Waals surface area contributed by atoms with Gasteiger partial charge in [0.15, 0.2) is 15.0 Å². The molecule has 2 aromatic rings. The molecular formula is C12H11IN2O3S2. The summed E-state index contributed by atoms with van der Waals surface area (Å²) in [6, 6.07) is 5.36. The first-order valence-corrected chi connectivity index (χ1v) is 9.29. The second-order valence-electron chi connectivity index (χ2n) is 4.17. The minimum absolute atomic E-state index is 0.131. The molecule has 1 aromatic heterocycles. The third kappa shape index (κ3) is 3.55. The first-order chi connectivity index (χ1) is 9.27. The molecule has 0 aliphatic carbocycles. The van der Waals surface area contributed by atoms with E-state index in [4.69, 9.17) is 0 Å². The highest BCUT2D eigenvalue weighted by atomic mass is 127. The average molecular weight is 422 g/mol. The lowest BCUT2D eigenvalue weighted by Crippen LogP contribution is -2.11. The highest BCUT2D eigenvalue weighted by Crippen LogP contribution is 2.23. The lowest BCUT2D eigenvalue weighted by molar-refractivity contribution is 0.102. The zero-order valence-corrected chi connectivity index (χ0v) is 14.5. The van der Waals surface area contributed by atoms with Gasteiger partial charge in [-0.25, -0.2) is 13.4 Å². The fourth-order valence-electron chi connectivity index (χ4n) is 1.39. The van der Waals surface area contributed by atoms with Crippen molar-refractivity contribution in [2.24, 2.45) is 0 Å². The summed E-state index contributed by atoms with van der Waals surface area (Å²) in [5, 5.41) is 2.87. The van der Waals surface area contributed by atoms with Crippen LogP contribution in [0.1, 0.15) is 15.9 Å². The van der Waals surface area contributed by atoms with Crippen molar-refractivity contribution in [1.82, 2.24) is 4.98 Å². The van der Waals surface area contributed by atoms with Gasteiger partial charge in [0, 0.05) is 15.4 Å². The van der Waals surface area contributed by atoms with Crippen LogP contribution < -0.4 is 5.32 Å². The second kappa shape index (κ2) is 5.78. The van der Waals surface area contributed by atoms with Gasteiger partial charge in [-0.1, -0.05) is 17.4 Å². The van der Waals surface area contributed by atoms with Gasteiger partial charge in [-0.3, -0.25) is 10.1 Å². The number of amides is 1. The van der Waals surface area contributed by atoms with E-state index < -0.39 is 9.84 Å². The molecule has 0 aliphatic rings. The Morgan fingerprint density at radius 3 is 2.65 bits per heavy atom. The number of aromatic nitrogens is 1. The van der Waals surface area contributed by atoms with Gasteiger partial charge < -0.3 is 0 Å². The molecule has 1 heterocycles. The van der Waals surface area contributed by atoms with Crippen LogP contribution >= 0.6 is 33.9 Å². The van der Waals surface area contributed by atoms with E-state index in [2.05, 4.69) is 32.9 Å². The summed E-state index contributed by atoms with van der Waals surface area (Å²) in [6.45, 7) is 1.96. The number of nitrogens with one attached hydrogen (secondary N) is 1. The summed E-state index contributed by atoms with van der Waals surface area (Å²) < 4.78 is 23.8. The van der Waals surface area contributed by atoms with Crippen LogP contribution in [0.15, 0.2) is 28.6 Å². The highest BCUT2D eigenvalue weighted by molar-refractivity contribution is 14.1. The molecule has 0 saturated heterocycles. The predicted molar refractivity (Wildman–Crippen MR) is 87.1 cm³/mol. The number of aryl methyl sites for hydroxylation is 1. The fraction of sp³-hybridized carbons (Fsp3) is 0.167. The smallest absolute Gasteiger partial charge is 0.257 e. The Hall–Kier alpha value is -1.00. The summed E-state index contributed by atoms with van der Waals surface area (Å²) >= 11 is 3.09. The van der Waals surface area contributed by atoms with Gasteiger partial charge in [0.2, 0.25) is 0 Å². The molecule has 20 heavy (non-hydrogen) atoms. The number of sulfone groups is 1. The Morgan fingerprint density at radius 2 is 2.10 bits per heavy atom. The minimum atomic E-state index is -3.29. The number of halogens is 1. The molecule has 0 atom stereocenters. The Balaban J connectivity index is 2.19. The fourth-order valence-corrected chi connectivity index (χ4v) is 3.54. The zero-order chi connectivity index (χ0) is 14.9. The van der Waals surface area contributed by atoms with E-state index in [-0.39, 0.29) is 15.2 Å². The van der Waals surface area contributed by atoms with Crippen LogP contribution in [0.2, 0.25) is 0 Å². The maximum Gasteiger partial charge on any atom is 0.257 e. The Kier molecular flexibility index (Phi) is 4.45. The maximum absolute atomic E-state index is 12.0. The van der Waals surface area contributed by atoms with Gasteiger partial charge in [-0.05, 0) is 47.2 Å². The lowest BCUT2D eigenvalue weighted by Gasteiger charge is -2.04. The number of nitrogens with zero attached hydrogens (tertiary/aromatic N) is 1. The van der Waals surface area contributed by atoms with E-state index in [0.29, 0.717) is 5.56 Å². The number of anilines is 1. The Bertz CT molecular complexity index is 769. The highest BCUT2D eigenvalue weighted by Gasteiger charge is 2.14. The Morgan fingerprint density at radius 1 is 1.40 bits per heavy atom. The molecule has 0 aliphatic heterocycles. The lowest BCUT2D eigenvalue weighted by atomic mass is 10.1. The summed E-state index contributed by atoms with van der Waals surface area (Å²) in [7, 11) is -3.29. The second-order valence-corrected chi connectivity index (χ2v) is 8.61. The van der Waals surface area contributed by atoms with Crippen molar-refractivity contribution in [3.05, 3.63) is 39.1 Å². The van der Waals surface area contributed by atoms with E-state index in [1.54, 1.807) is 12.1 Å². The molecule has 2 rings (SSSR count). The molecule has 0 unspecified atom stereocenters. The van der Waals surface area contributed by atoms with Crippen molar-refractivity contribution in [2.45, 2.75) is 11.1 Å². The van der Waals surface area contributed by atoms with Crippen molar-refractivity contribution in [3.8, 4) is 0 Å².